The van der Waals surface area contributed by atoms with Gasteiger partial charge >= 0.3 is 5.97 Å². The Hall–Kier alpha value is -1.84. The lowest BCUT2D eigenvalue weighted by Gasteiger charge is -2.22. The Labute approximate surface area is 148 Å². The molecule has 1 amide bonds. The first kappa shape index (κ1) is 18.5. The van der Waals surface area contributed by atoms with Crippen molar-refractivity contribution < 1.29 is 18.7 Å². The van der Waals surface area contributed by atoms with Crippen LogP contribution in [-0.4, -0.2) is 29.4 Å². The second kappa shape index (κ2) is 6.96. The third-order valence-corrected chi connectivity index (χ3v) is 5.02. The number of alkyl halides is 2. The number of esters is 1. The van der Waals surface area contributed by atoms with E-state index in [0.717, 1.165) is 0 Å². The van der Waals surface area contributed by atoms with Crippen molar-refractivity contribution in [2.45, 2.75) is 24.1 Å². The van der Waals surface area contributed by atoms with Crippen molar-refractivity contribution in [3.63, 3.8) is 0 Å². The Bertz CT molecular complexity index is 688. The molecule has 24 heavy (non-hydrogen) atoms. The fourth-order valence-electron chi connectivity index (χ4n) is 2.17. The smallest absolute Gasteiger partial charge is 0.315 e. The second-order valence-corrected chi connectivity index (χ2v) is 7.20. The van der Waals surface area contributed by atoms with E-state index < -0.39 is 34.0 Å². The van der Waals surface area contributed by atoms with E-state index in [1.807, 2.05) is 6.07 Å². The van der Waals surface area contributed by atoms with Crippen molar-refractivity contribution in [2.24, 2.45) is 5.41 Å². The molecule has 1 aromatic rings. The van der Waals surface area contributed by atoms with Gasteiger partial charge in [-0.3, -0.25) is 9.59 Å². The zero-order valence-electron chi connectivity index (χ0n) is 12.9. The summed E-state index contributed by atoms with van der Waals surface area (Å²) in [5.41, 5.74) is -0.613. The zero-order valence-corrected chi connectivity index (χ0v) is 14.4. The Kier molecular flexibility index (Phi) is 5.36. The van der Waals surface area contributed by atoms with Crippen LogP contribution in [0.3, 0.4) is 0 Å². The first-order chi connectivity index (χ1) is 11.2. The minimum atomic E-state index is -1.18. The normalized spacial score (nSPS) is 20.8. The third kappa shape index (κ3) is 3.80. The molecular formula is C16H15Cl2FN2O3. The molecule has 1 aliphatic rings. The lowest BCUT2D eigenvalue weighted by Crippen LogP contribution is -2.36. The molecule has 0 bridgehead atoms. The average Bonchev–Trinajstić information content (AvgIpc) is 3.06. The number of rotatable bonds is 6. The molecule has 0 aromatic heterocycles. The summed E-state index contributed by atoms with van der Waals surface area (Å²) in [6, 6.07) is 7.17. The van der Waals surface area contributed by atoms with Gasteiger partial charge in [0, 0.05) is 18.7 Å². The lowest BCUT2D eigenvalue weighted by atomic mass is 10.1. The number of halogens is 3. The monoisotopic (exact) mass is 372 g/mol. The Morgan fingerprint density at radius 1 is 1.38 bits per heavy atom. The highest BCUT2D eigenvalue weighted by molar-refractivity contribution is 6.53. The summed E-state index contributed by atoms with van der Waals surface area (Å²) < 4.78 is 16.9. The summed E-state index contributed by atoms with van der Waals surface area (Å²) in [6.45, 7) is 1.15. The number of hydrogen-bond donors (Lipinski definition) is 0. The van der Waals surface area contributed by atoms with Crippen molar-refractivity contribution in [3.05, 3.63) is 30.1 Å². The SMILES string of the molecule is C[C@@]1(C(=O)OCC(=O)N(CCC#N)c2ccc(F)cc2)CC1(Cl)Cl. The second-order valence-electron chi connectivity index (χ2n) is 5.72. The molecule has 0 radical (unpaired) electrons. The predicted molar refractivity (Wildman–Crippen MR) is 87.1 cm³/mol. The highest BCUT2D eigenvalue weighted by Crippen LogP contribution is 2.64. The van der Waals surface area contributed by atoms with Gasteiger partial charge < -0.3 is 9.64 Å². The Morgan fingerprint density at radius 2 is 1.96 bits per heavy atom. The highest BCUT2D eigenvalue weighted by atomic mass is 35.5. The van der Waals surface area contributed by atoms with Gasteiger partial charge in [-0.2, -0.15) is 5.26 Å². The van der Waals surface area contributed by atoms with Crippen molar-refractivity contribution in [1.82, 2.24) is 0 Å². The fourth-order valence-corrected chi connectivity index (χ4v) is 2.86. The van der Waals surface area contributed by atoms with Crippen LogP contribution in [-0.2, 0) is 14.3 Å². The van der Waals surface area contributed by atoms with Crippen molar-refractivity contribution in [2.75, 3.05) is 18.1 Å². The number of benzene rings is 1. The summed E-state index contributed by atoms with van der Waals surface area (Å²) in [4.78, 5) is 25.6. The molecule has 1 saturated carbocycles. The van der Waals surface area contributed by atoms with E-state index in [9.17, 15) is 14.0 Å². The molecule has 0 spiro atoms. The molecule has 0 N–H and O–H groups in total. The number of nitriles is 1. The largest absolute Gasteiger partial charge is 0.455 e. The van der Waals surface area contributed by atoms with Crippen LogP contribution in [0.1, 0.15) is 19.8 Å². The maximum absolute atomic E-state index is 13.0. The van der Waals surface area contributed by atoms with Gasteiger partial charge in [-0.05, 0) is 31.2 Å². The molecule has 0 heterocycles. The standard InChI is InChI=1S/C16H15Cl2FN2O3/c1-15(10-16(15,17)18)14(23)24-9-13(22)21(8-2-7-20)12-5-3-11(19)4-6-12/h3-6H,2,8-10H2,1H3/t15-/m0/s1. The van der Waals surface area contributed by atoms with Gasteiger partial charge in [0.15, 0.2) is 6.61 Å². The summed E-state index contributed by atoms with van der Waals surface area (Å²) in [5.74, 6) is -1.62. The van der Waals surface area contributed by atoms with Crippen LogP contribution in [0.15, 0.2) is 24.3 Å². The quantitative estimate of drug-likeness (QED) is 0.567. The summed E-state index contributed by atoms with van der Waals surface area (Å²) >= 11 is 11.8. The minimum Gasteiger partial charge on any atom is -0.455 e. The van der Waals surface area contributed by atoms with Crippen LogP contribution in [0.5, 0.6) is 0 Å². The van der Waals surface area contributed by atoms with E-state index in [1.165, 1.54) is 29.2 Å². The lowest BCUT2D eigenvalue weighted by molar-refractivity contribution is -0.152. The Morgan fingerprint density at radius 3 is 2.46 bits per heavy atom. The number of hydrogen-bond acceptors (Lipinski definition) is 4. The van der Waals surface area contributed by atoms with Crippen LogP contribution in [0.4, 0.5) is 10.1 Å². The van der Waals surface area contributed by atoms with Crippen LogP contribution in [0, 0.1) is 22.6 Å². The van der Waals surface area contributed by atoms with Crippen LogP contribution >= 0.6 is 23.2 Å². The van der Waals surface area contributed by atoms with Crippen LogP contribution in [0.2, 0.25) is 0 Å². The highest BCUT2D eigenvalue weighted by Gasteiger charge is 2.69. The molecule has 0 unspecified atom stereocenters. The van der Waals surface area contributed by atoms with E-state index in [4.69, 9.17) is 33.2 Å². The fraction of sp³-hybridized carbons (Fsp3) is 0.438. The van der Waals surface area contributed by atoms with Crippen molar-refractivity contribution in [3.8, 4) is 6.07 Å². The molecule has 128 valence electrons. The summed E-state index contributed by atoms with van der Waals surface area (Å²) in [5, 5.41) is 8.72. The van der Waals surface area contributed by atoms with Gasteiger partial charge in [-0.15, -0.1) is 23.2 Å². The number of nitrogens with zero attached hydrogens (tertiary/aromatic N) is 2. The van der Waals surface area contributed by atoms with Gasteiger partial charge in [-0.25, -0.2) is 4.39 Å². The van der Waals surface area contributed by atoms with Gasteiger partial charge in [0.25, 0.3) is 5.91 Å². The molecule has 1 fully saturated rings. The van der Waals surface area contributed by atoms with Crippen LogP contribution in [0.25, 0.3) is 0 Å². The molecule has 0 aliphatic heterocycles. The summed E-state index contributed by atoms with van der Waals surface area (Å²) in [7, 11) is 0. The van der Waals surface area contributed by atoms with E-state index >= 15 is 0 Å². The van der Waals surface area contributed by atoms with E-state index in [2.05, 4.69) is 0 Å². The first-order valence-electron chi connectivity index (χ1n) is 7.19. The number of ether oxygens (including phenoxy) is 1. The number of amides is 1. The molecule has 5 nitrogen and oxygen atoms in total. The van der Waals surface area contributed by atoms with Gasteiger partial charge in [0.05, 0.1) is 12.5 Å². The van der Waals surface area contributed by atoms with Crippen molar-refractivity contribution in [1.29, 1.82) is 5.26 Å². The molecule has 8 heteroatoms. The maximum Gasteiger partial charge on any atom is 0.315 e. The maximum atomic E-state index is 13.0. The van der Waals surface area contributed by atoms with E-state index in [-0.39, 0.29) is 19.4 Å². The molecular weight excluding hydrogens is 358 g/mol. The minimum absolute atomic E-state index is 0.0846. The topological polar surface area (TPSA) is 70.4 Å². The molecule has 0 saturated heterocycles. The molecule has 1 atom stereocenters. The Balaban J connectivity index is 2.02. The number of anilines is 1. The predicted octanol–water partition coefficient (Wildman–Crippen LogP) is 3.20. The first-order valence-corrected chi connectivity index (χ1v) is 7.95. The van der Waals surface area contributed by atoms with Gasteiger partial charge in [0.1, 0.15) is 15.6 Å². The van der Waals surface area contributed by atoms with Gasteiger partial charge in [-0.1, -0.05) is 0 Å². The zero-order chi connectivity index (χ0) is 18.0. The van der Waals surface area contributed by atoms with Crippen LogP contribution < -0.4 is 4.90 Å². The average molecular weight is 373 g/mol. The molecule has 1 aromatic carbocycles. The summed E-state index contributed by atoms with van der Waals surface area (Å²) in [6.07, 6.45) is 0.341. The molecule has 1 aliphatic carbocycles. The number of carbonyl (C=O) groups excluding carboxylic acids is 2. The van der Waals surface area contributed by atoms with E-state index in [1.54, 1.807) is 6.92 Å². The van der Waals surface area contributed by atoms with Gasteiger partial charge in [0.2, 0.25) is 0 Å². The molecule has 2 rings (SSSR count). The van der Waals surface area contributed by atoms with E-state index in [0.29, 0.717) is 5.69 Å². The number of carbonyl (C=O) groups is 2. The third-order valence-electron chi connectivity index (χ3n) is 3.92. The van der Waals surface area contributed by atoms with Crippen molar-refractivity contribution >= 4 is 40.8 Å².